The fourth-order valence-electron chi connectivity index (χ4n) is 12.2. The summed E-state index contributed by atoms with van der Waals surface area (Å²) in [7, 11) is 0. The Morgan fingerprint density at radius 1 is 0.973 bits per heavy atom. The topological polar surface area (TPSA) is 77.5 Å². The highest BCUT2D eigenvalue weighted by Crippen LogP contribution is 2.83. The summed E-state index contributed by atoms with van der Waals surface area (Å²) >= 11 is 0. The standard InChI is InChI=1S/C31H44O6/c1-17-7-12-29-14-13-28(6)27(5)11-8-18-26(4,10-9-20-30(18,33)16-34-25(2,3)36-20)22(27)21-23(35-21)31(28,19(29)15-17)37-24(29)32/h18-23,33H,1,7-16H2,2-6H3/t18-,19-,20+,21+,22-,23+,26+,27-,28+,29+,30-,31-/m1/s1. The summed E-state index contributed by atoms with van der Waals surface area (Å²) in [5.41, 5.74) is -0.933. The molecule has 8 aliphatic rings. The molecule has 0 unspecified atom stereocenters. The number of hydrogen-bond donors (Lipinski definition) is 1. The number of allylic oxidation sites excluding steroid dienone is 1. The van der Waals surface area contributed by atoms with E-state index in [1.54, 1.807) is 0 Å². The molecule has 1 N–H and O–H groups in total. The van der Waals surface area contributed by atoms with Gasteiger partial charge in [-0.2, -0.15) is 0 Å². The van der Waals surface area contributed by atoms with Crippen LogP contribution >= 0.6 is 0 Å². The van der Waals surface area contributed by atoms with Gasteiger partial charge in [0.05, 0.1) is 24.2 Å². The lowest BCUT2D eigenvalue weighted by Crippen LogP contribution is -2.76. The predicted molar refractivity (Wildman–Crippen MR) is 135 cm³/mol. The number of ether oxygens (including phenoxy) is 4. The van der Waals surface area contributed by atoms with Crippen LogP contribution in [0.2, 0.25) is 0 Å². The van der Waals surface area contributed by atoms with Crippen LogP contribution in [0.1, 0.15) is 92.4 Å². The minimum Gasteiger partial charge on any atom is -0.455 e. The number of fused-ring (bicyclic) bond motifs is 8. The Kier molecular flexibility index (Phi) is 4.20. The van der Waals surface area contributed by atoms with Gasteiger partial charge in [0, 0.05) is 11.3 Å². The van der Waals surface area contributed by atoms with Crippen LogP contribution < -0.4 is 0 Å². The molecule has 6 heteroatoms. The van der Waals surface area contributed by atoms with Crippen LogP contribution in [0.3, 0.4) is 0 Å². The fraction of sp³-hybridized carbons (Fsp3) is 0.903. The Morgan fingerprint density at radius 2 is 1.76 bits per heavy atom. The molecule has 1 spiro atoms. The molecule has 8 fully saturated rings. The molecule has 37 heavy (non-hydrogen) atoms. The molecule has 0 aromatic heterocycles. The second-order valence-corrected chi connectivity index (χ2v) is 15.5. The van der Waals surface area contributed by atoms with Gasteiger partial charge in [0.2, 0.25) is 0 Å². The minimum atomic E-state index is -0.979. The van der Waals surface area contributed by atoms with E-state index in [2.05, 4.69) is 27.4 Å². The second-order valence-electron chi connectivity index (χ2n) is 15.5. The van der Waals surface area contributed by atoms with E-state index in [4.69, 9.17) is 18.9 Å². The molecule has 0 aromatic carbocycles. The molecule has 6 nitrogen and oxygen atoms in total. The smallest absolute Gasteiger partial charge is 0.313 e. The van der Waals surface area contributed by atoms with Gasteiger partial charge in [-0.05, 0) is 94.3 Å². The van der Waals surface area contributed by atoms with Crippen molar-refractivity contribution >= 4 is 5.97 Å². The van der Waals surface area contributed by atoms with Gasteiger partial charge in [-0.15, -0.1) is 0 Å². The normalized spacial score (nSPS) is 62.6. The van der Waals surface area contributed by atoms with Crippen molar-refractivity contribution in [3.8, 4) is 0 Å². The van der Waals surface area contributed by atoms with Gasteiger partial charge in [-0.25, -0.2) is 0 Å². The molecule has 3 saturated heterocycles. The number of esters is 1. The SMILES string of the molecule is C=C1CC[C@@]23CC[C@]4(C)[C@@](OC2=O)([C@@H]3C1)[C@H]1O[C@H]1[C@@H]1[C@@]2(C)CC[C@@H]3OC(C)(C)OC[C@@]3(O)[C@@H]2CC[C@]14C. The van der Waals surface area contributed by atoms with Crippen LogP contribution in [0, 0.1) is 39.4 Å². The summed E-state index contributed by atoms with van der Waals surface area (Å²) in [6.07, 6.45) is 8.26. The number of aliphatic hydroxyl groups is 1. The maximum Gasteiger partial charge on any atom is 0.313 e. The zero-order valence-corrected chi connectivity index (χ0v) is 23.2. The number of hydrogen-bond acceptors (Lipinski definition) is 6. The summed E-state index contributed by atoms with van der Waals surface area (Å²) < 4.78 is 25.9. The molecule has 12 atom stereocenters. The maximum absolute atomic E-state index is 13.7. The quantitative estimate of drug-likeness (QED) is 0.282. The predicted octanol–water partition coefficient (Wildman–Crippen LogP) is 4.92. The van der Waals surface area contributed by atoms with Crippen molar-refractivity contribution in [2.45, 2.75) is 128 Å². The van der Waals surface area contributed by atoms with Gasteiger partial charge in [-0.1, -0.05) is 32.9 Å². The monoisotopic (exact) mass is 512 g/mol. The van der Waals surface area contributed by atoms with Gasteiger partial charge in [0.1, 0.15) is 11.7 Å². The molecular weight excluding hydrogens is 468 g/mol. The Balaban J connectivity index is 1.23. The number of carbonyl (C=O) groups is 1. The lowest BCUT2D eigenvalue weighted by Gasteiger charge is -2.72. The molecule has 0 aromatic rings. The molecule has 3 aliphatic heterocycles. The van der Waals surface area contributed by atoms with Gasteiger partial charge < -0.3 is 24.1 Å². The van der Waals surface area contributed by atoms with Crippen LogP contribution in [0.5, 0.6) is 0 Å². The van der Waals surface area contributed by atoms with E-state index < -0.39 is 17.0 Å². The third-order valence-corrected chi connectivity index (χ3v) is 14.1. The van der Waals surface area contributed by atoms with Crippen molar-refractivity contribution in [3.63, 3.8) is 0 Å². The zero-order valence-electron chi connectivity index (χ0n) is 23.2. The van der Waals surface area contributed by atoms with E-state index in [-0.39, 0.29) is 57.8 Å². The van der Waals surface area contributed by atoms with Crippen molar-refractivity contribution in [3.05, 3.63) is 12.2 Å². The summed E-state index contributed by atoms with van der Waals surface area (Å²) in [5, 5.41) is 12.2. The largest absolute Gasteiger partial charge is 0.455 e. The van der Waals surface area contributed by atoms with Crippen LogP contribution in [0.15, 0.2) is 12.2 Å². The van der Waals surface area contributed by atoms with E-state index in [9.17, 15) is 9.90 Å². The van der Waals surface area contributed by atoms with Crippen LogP contribution in [0.25, 0.3) is 0 Å². The summed E-state index contributed by atoms with van der Waals surface area (Å²) in [6, 6.07) is 0. The summed E-state index contributed by atoms with van der Waals surface area (Å²) in [6.45, 7) is 16.0. The van der Waals surface area contributed by atoms with Crippen molar-refractivity contribution in [1.82, 2.24) is 0 Å². The van der Waals surface area contributed by atoms with Crippen LogP contribution in [-0.4, -0.2) is 53.0 Å². The van der Waals surface area contributed by atoms with Crippen molar-refractivity contribution in [1.29, 1.82) is 0 Å². The zero-order chi connectivity index (χ0) is 26.0. The maximum atomic E-state index is 13.7. The van der Waals surface area contributed by atoms with Gasteiger partial charge >= 0.3 is 5.97 Å². The van der Waals surface area contributed by atoms with Crippen molar-refractivity contribution in [2.24, 2.45) is 39.4 Å². The molecule has 8 rings (SSSR count). The Morgan fingerprint density at radius 3 is 2.54 bits per heavy atom. The van der Waals surface area contributed by atoms with Crippen molar-refractivity contribution in [2.75, 3.05) is 6.61 Å². The highest BCUT2D eigenvalue weighted by atomic mass is 16.7. The van der Waals surface area contributed by atoms with E-state index >= 15 is 0 Å². The number of epoxide rings is 1. The first-order chi connectivity index (χ1) is 17.3. The molecular formula is C31H44O6. The van der Waals surface area contributed by atoms with E-state index in [1.807, 2.05) is 13.8 Å². The fourth-order valence-corrected chi connectivity index (χ4v) is 12.2. The van der Waals surface area contributed by atoms with E-state index in [0.717, 1.165) is 57.8 Å². The number of rotatable bonds is 0. The molecule has 3 heterocycles. The average Bonchev–Trinajstić information content (AvgIpc) is 3.58. The molecule has 0 amide bonds. The van der Waals surface area contributed by atoms with E-state index in [1.165, 1.54) is 5.57 Å². The number of carbonyl (C=O) groups excluding carboxylic acids is 1. The first-order valence-electron chi connectivity index (χ1n) is 14.9. The Hall–Kier alpha value is -0.950. The summed E-state index contributed by atoms with van der Waals surface area (Å²) in [5.74, 6) is -0.0442. The highest BCUT2D eigenvalue weighted by molar-refractivity contribution is 5.82. The first-order valence-corrected chi connectivity index (χ1v) is 14.9. The lowest BCUT2D eigenvalue weighted by atomic mass is 9.31. The lowest BCUT2D eigenvalue weighted by molar-refractivity contribution is -0.374. The average molecular weight is 513 g/mol. The van der Waals surface area contributed by atoms with Gasteiger partial charge in [-0.3, -0.25) is 4.79 Å². The molecule has 0 radical (unpaired) electrons. The van der Waals surface area contributed by atoms with Crippen LogP contribution in [0.4, 0.5) is 0 Å². The molecule has 2 bridgehead atoms. The van der Waals surface area contributed by atoms with Crippen molar-refractivity contribution < 1.29 is 28.8 Å². The summed E-state index contributed by atoms with van der Waals surface area (Å²) in [4.78, 5) is 13.7. The molecule has 5 saturated carbocycles. The molecule has 204 valence electrons. The Labute approximate surface area is 220 Å². The molecule has 5 aliphatic carbocycles. The minimum absolute atomic E-state index is 0.0406. The third kappa shape index (κ3) is 2.37. The highest BCUT2D eigenvalue weighted by Gasteiger charge is 2.89. The second kappa shape index (κ2) is 6.50. The van der Waals surface area contributed by atoms with Gasteiger partial charge in [0.15, 0.2) is 11.4 Å². The van der Waals surface area contributed by atoms with Crippen LogP contribution in [-0.2, 0) is 23.7 Å². The third-order valence-electron chi connectivity index (χ3n) is 14.1. The first kappa shape index (κ1) is 23.9. The van der Waals surface area contributed by atoms with Gasteiger partial charge in [0.25, 0.3) is 0 Å². The van der Waals surface area contributed by atoms with E-state index in [0.29, 0.717) is 12.5 Å². The Bertz CT molecular complexity index is 1120.